The van der Waals surface area contributed by atoms with Crippen molar-refractivity contribution in [2.45, 2.75) is 117 Å². The van der Waals surface area contributed by atoms with E-state index in [0.29, 0.717) is 0 Å². The minimum atomic E-state index is -4.59. The highest BCUT2D eigenvalue weighted by Crippen LogP contribution is 2.56. The van der Waals surface area contributed by atoms with Crippen LogP contribution >= 0.6 is 19.7 Å². The first-order chi connectivity index (χ1) is 15.9. The first-order valence-electron chi connectivity index (χ1n) is 12.6. The number of rotatable bonds is 5. The molecule has 0 saturated heterocycles. The summed E-state index contributed by atoms with van der Waals surface area (Å²) in [6.07, 6.45) is 0. The van der Waals surface area contributed by atoms with E-state index >= 15 is 0 Å². The summed E-state index contributed by atoms with van der Waals surface area (Å²) >= 11 is 5.47. The Hall–Kier alpha value is -1.16. The molecule has 0 fully saturated rings. The molecule has 2 aromatic rings. The zero-order valence-electron chi connectivity index (χ0n) is 24.5. The first-order valence-corrected chi connectivity index (χ1v) is 14.4. The van der Waals surface area contributed by atoms with Gasteiger partial charge < -0.3 is 4.89 Å². The summed E-state index contributed by atoms with van der Waals surface area (Å²) in [6.45, 7) is 27.8. The van der Waals surface area contributed by atoms with E-state index in [0.717, 1.165) is 22.3 Å². The molecule has 0 heterocycles. The number of hydrogen-bond acceptors (Lipinski definition) is 3. The van der Waals surface area contributed by atoms with Crippen LogP contribution in [-0.4, -0.2) is 4.89 Å². The Labute approximate surface area is 224 Å². The summed E-state index contributed by atoms with van der Waals surface area (Å²) in [4.78, 5) is 10.5. The second-order valence-electron chi connectivity index (χ2n) is 14.2. The minimum Gasteiger partial charge on any atom is -0.302 e. The molecule has 36 heavy (non-hydrogen) atoms. The van der Waals surface area contributed by atoms with Crippen LogP contribution in [0.1, 0.15) is 123 Å². The number of phosphoric acid groups is 1. The van der Waals surface area contributed by atoms with E-state index < -0.39 is 13.4 Å². The summed E-state index contributed by atoms with van der Waals surface area (Å²) in [5.41, 5.74) is 4.05. The molecule has 0 aliphatic heterocycles. The van der Waals surface area contributed by atoms with E-state index in [1.54, 1.807) is 0 Å². The summed E-state index contributed by atoms with van der Waals surface area (Å²) in [5.74, 6) is 0. The fraction of sp³-hybridized carbons (Fsp3) is 0.600. The average molecular weight is 537 g/mol. The van der Waals surface area contributed by atoms with Crippen LogP contribution in [0.4, 0.5) is 0 Å². The molecular formula is C30H46ClO4P. The van der Waals surface area contributed by atoms with Gasteiger partial charge in [0.2, 0.25) is 0 Å². The molecule has 1 unspecified atom stereocenters. The Morgan fingerprint density at radius 1 is 0.611 bits per heavy atom. The molecule has 0 saturated carbocycles. The lowest BCUT2D eigenvalue weighted by molar-refractivity contribution is 0.0831. The monoisotopic (exact) mass is 536 g/mol. The van der Waals surface area contributed by atoms with Gasteiger partial charge in [0.25, 0.3) is 0 Å². The predicted octanol–water partition coefficient (Wildman–Crippen LogP) is 9.43. The van der Waals surface area contributed by atoms with Gasteiger partial charge in [-0.2, -0.15) is 4.08 Å². The van der Waals surface area contributed by atoms with Crippen molar-refractivity contribution in [2.24, 2.45) is 0 Å². The molecule has 4 nitrogen and oxygen atoms in total. The predicted molar refractivity (Wildman–Crippen MR) is 152 cm³/mol. The Kier molecular flexibility index (Phi) is 8.51. The van der Waals surface area contributed by atoms with Gasteiger partial charge in [-0.25, -0.2) is 4.57 Å². The van der Waals surface area contributed by atoms with Crippen LogP contribution in [0.25, 0.3) is 0 Å². The molecule has 0 amide bonds. The van der Waals surface area contributed by atoms with Crippen LogP contribution in [0.5, 0.6) is 0 Å². The third-order valence-electron chi connectivity index (χ3n) is 6.80. The molecule has 0 aliphatic carbocycles. The van der Waals surface area contributed by atoms with Gasteiger partial charge in [-0.15, -0.1) is 0 Å². The van der Waals surface area contributed by atoms with Gasteiger partial charge in [0.15, 0.2) is 0 Å². The van der Waals surface area contributed by atoms with Crippen LogP contribution in [-0.2, 0) is 40.4 Å². The number of halogens is 1. The molecule has 0 aromatic heterocycles. The van der Waals surface area contributed by atoms with Gasteiger partial charge in [0.1, 0.15) is 5.60 Å². The number of benzene rings is 2. The number of phosphoric ester groups is 1. The van der Waals surface area contributed by atoms with Crippen molar-refractivity contribution in [2.75, 3.05) is 0 Å². The maximum absolute atomic E-state index is 12.9. The van der Waals surface area contributed by atoms with Crippen molar-refractivity contribution in [3.05, 3.63) is 69.8 Å². The largest absolute Gasteiger partial charge is 0.489 e. The summed E-state index contributed by atoms with van der Waals surface area (Å²) in [6, 6.07) is 12.6. The molecule has 1 N–H and O–H groups in total. The second-order valence-corrected chi connectivity index (χ2v) is 15.9. The third-order valence-corrected chi connectivity index (χ3v) is 8.09. The van der Waals surface area contributed by atoms with Gasteiger partial charge in [-0.3, -0.25) is 4.52 Å². The SMILES string of the molecule is CC(C)(C)c1ccc(C(C)(OP(=O)(O)OCl)c2ccc(C(C)(C)C)cc2C(C)(C)C)c(C(C)(C)C)c1. The summed E-state index contributed by atoms with van der Waals surface area (Å²) in [7, 11) is -4.59. The first kappa shape index (κ1) is 31.1. The lowest BCUT2D eigenvalue weighted by Crippen LogP contribution is -2.34. The molecular weight excluding hydrogens is 491 g/mol. The molecule has 0 bridgehead atoms. The molecule has 2 rings (SSSR count). The molecule has 2 aromatic carbocycles. The van der Waals surface area contributed by atoms with Crippen molar-refractivity contribution in [1.82, 2.24) is 0 Å². The fourth-order valence-corrected chi connectivity index (χ4v) is 5.35. The summed E-state index contributed by atoms with van der Waals surface area (Å²) in [5, 5.41) is 0. The van der Waals surface area contributed by atoms with Crippen LogP contribution in [0.15, 0.2) is 36.4 Å². The highest BCUT2D eigenvalue weighted by Gasteiger charge is 2.44. The van der Waals surface area contributed by atoms with E-state index in [-0.39, 0.29) is 21.7 Å². The van der Waals surface area contributed by atoms with Crippen LogP contribution < -0.4 is 0 Å². The van der Waals surface area contributed by atoms with Gasteiger partial charge in [0.05, 0.1) is 11.9 Å². The lowest BCUT2D eigenvalue weighted by Gasteiger charge is -2.40. The molecule has 0 spiro atoms. The summed E-state index contributed by atoms with van der Waals surface area (Å²) < 4.78 is 23.4. The normalized spacial score (nSPS) is 15.6. The van der Waals surface area contributed by atoms with Crippen LogP contribution in [0.3, 0.4) is 0 Å². The maximum Gasteiger partial charge on any atom is 0.489 e. The molecule has 202 valence electrons. The zero-order chi connectivity index (χ0) is 28.1. The Morgan fingerprint density at radius 2 is 0.944 bits per heavy atom. The van der Waals surface area contributed by atoms with Gasteiger partial charge in [0, 0.05) is 0 Å². The molecule has 1 atom stereocenters. The highest BCUT2D eigenvalue weighted by atomic mass is 35.5. The van der Waals surface area contributed by atoms with Crippen LogP contribution in [0, 0.1) is 0 Å². The standard InChI is InChI=1S/C30H46ClO4P/c1-26(2,3)20-14-16-22(24(18-20)28(7,8)9)30(13,34-36(32,33)35-31)23-17-15-21(27(4,5)6)19-25(23)29(10,11)12/h14-19H,1-13H3,(H,32,33). The van der Waals surface area contributed by atoms with E-state index in [4.69, 9.17) is 16.4 Å². The van der Waals surface area contributed by atoms with Gasteiger partial charge in [-0.1, -0.05) is 119 Å². The molecule has 6 heteroatoms. The van der Waals surface area contributed by atoms with Crippen LogP contribution in [0.2, 0.25) is 0 Å². The van der Waals surface area contributed by atoms with E-state index in [2.05, 4.69) is 111 Å². The minimum absolute atomic E-state index is 0.0633. The lowest BCUT2D eigenvalue weighted by atomic mass is 9.70. The Morgan fingerprint density at radius 3 is 1.19 bits per heavy atom. The van der Waals surface area contributed by atoms with Gasteiger partial charge >= 0.3 is 7.82 Å². The van der Waals surface area contributed by atoms with Crippen molar-refractivity contribution in [3.63, 3.8) is 0 Å². The van der Waals surface area contributed by atoms with Crippen molar-refractivity contribution in [3.8, 4) is 0 Å². The van der Waals surface area contributed by atoms with Crippen molar-refractivity contribution in [1.29, 1.82) is 0 Å². The van der Waals surface area contributed by atoms with Crippen molar-refractivity contribution >= 4 is 19.7 Å². The second kappa shape index (κ2) is 9.86. The van der Waals surface area contributed by atoms with E-state index in [1.807, 2.05) is 19.1 Å². The quantitative estimate of drug-likeness (QED) is 0.386. The molecule has 0 aliphatic rings. The maximum atomic E-state index is 12.9. The van der Waals surface area contributed by atoms with E-state index in [1.165, 1.54) is 11.1 Å². The fourth-order valence-electron chi connectivity index (χ4n) is 4.58. The van der Waals surface area contributed by atoms with Crippen molar-refractivity contribution < 1.29 is 18.1 Å². The van der Waals surface area contributed by atoms with Gasteiger partial charge in [-0.05, 0) is 62.0 Å². The highest BCUT2D eigenvalue weighted by molar-refractivity contribution is 7.48. The molecule has 0 radical (unpaired) electrons. The number of hydrogen-bond donors (Lipinski definition) is 1. The average Bonchev–Trinajstić information content (AvgIpc) is 2.70. The van der Waals surface area contributed by atoms with E-state index in [9.17, 15) is 9.46 Å². The zero-order valence-corrected chi connectivity index (χ0v) is 26.1. The Balaban J connectivity index is 3.07. The Bertz CT molecular complexity index is 1070. The third kappa shape index (κ3) is 6.83. The topological polar surface area (TPSA) is 55.8 Å². The smallest absolute Gasteiger partial charge is 0.302 e.